The number of nitrogens with one attached hydrogen (secondary N) is 1. The van der Waals surface area contributed by atoms with Gasteiger partial charge in [0.1, 0.15) is 5.82 Å². The fourth-order valence-electron chi connectivity index (χ4n) is 1.54. The van der Waals surface area contributed by atoms with E-state index in [9.17, 15) is 9.18 Å². The van der Waals surface area contributed by atoms with Crippen LogP contribution in [0.1, 0.15) is 36.0 Å². The second-order valence-corrected chi connectivity index (χ2v) is 4.80. The molecule has 0 aliphatic heterocycles. The molecular formula is C13H16Cl2FNO. The van der Waals surface area contributed by atoms with Crippen molar-refractivity contribution in [3.8, 4) is 0 Å². The molecule has 18 heavy (non-hydrogen) atoms. The van der Waals surface area contributed by atoms with Gasteiger partial charge in [0.05, 0.1) is 5.56 Å². The number of alkyl halides is 1. The molecule has 1 N–H and O–H groups in total. The zero-order chi connectivity index (χ0) is 13.4. The van der Waals surface area contributed by atoms with Crippen LogP contribution < -0.4 is 5.32 Å². The van der Waals surface area contributed by atoms with Crippen molar-refractivity contribution in [1.82, 2.24) is 5.32 Å². The van der Waals surface area contributed by atoms with Gasteiger partial charge in [0.2, 0.25) is 0 Å². The van der Waals surface area contributed by atoms with Crippen LogP contribution in [0.5, 0.6) is 0 Å². The maximum Gasteiger partial charge on any atom is 0.254 e. The lowest BCUT2D eigenvalue weighted by Crippen LogP contribution is -2.25. The number of rotatable bonds is 7. The Hall–Kier alpha value is -0.800. The first-order valence-electron chi connectivity index (χ1n) is 5.94. The van der Waals surface area contributed by atoms with Crippen LogP contribution in [-0.4, -0.2) is 18.3 Å². The molecule has 0 unspecified atom stereocenters. The van der Waals surface area contributed by atoms with Crippen molar-refractivity contribution in [3.63, 3.8) is 0 Å². The summed E-state index contributed by atoms with van der Waals surface area (Å²) >= 11 is 11.2. The van der Waals surface area contributed by atoms with Crippen molar-refractivity contribution in [2.24, 2.45) is 0 Å². The van der Waals surface area contributed by atoms with Crippen LogP contribution in [0.3, 0.4) is 0 Å². The average molecular weight is 292 g/mol. The Morgan fingerprint density at radius 2 is 1.94 bits per heavy atom. The summed E-state index contributed by atoms with van der Waals surface area (Å²) in [6, 6.07) is 4.03. The third kappa shape index (κ3) is 5.23. The van der Waals surface area contributed by atoms with Gasteiger partial charge in [-0.05, 0) is 31.0 Å². The predicted molar refractivity (Wildman–Crippen MR) is 72.9 cm³/mol. The van der Waals surface area contributed by atoms with Crippen molar-refractivity contribution in [1.29, 1.82) is 0 Å². The SMILES string of the molecule is O=C(NCCCCCCCl)c1ccc(Cl)cc1F. The highest BCUT2D eigenvalue weighted by atomic mass is 35.5. The Balaban J connectivity index is 2.32. The van der Waals surface area contributed by atoms with E-state index in [0.717, 1.165) is 31.7 Å². The monoisotopic (exact) mass is 291 g/mol. The minimum atomic E-state index is -0.595. The van der Waals surface area contributed by atoms with Crippen molar-refractivity contribution < 1.29 is 9.18 Å². The Morgan fingerprint density at radius 1 is 1.22 bits per heavy atom. The van der Waals surface area contributed by atoms with Crippen LogP contribution in [0.25, 0.3) is 0 Å². The zero-order valence-electron chi connectivity index (χ0n) is 10.0. The zero-order valence-corrected chi connectivity index (χ0v) is 11.5. The summed E-state index contributed by atoms with van der Waals surface area (Å²) in [4.78, 5) is 11.7. The molecule has 1 rings (SSSR count). The van der Waals surface area contributed by atoms with Gasteiger partial charge >= 0.3 is 0 Å². The molecule has 1 aromatic rings. The van der Waals surface area contributed by atoms with Crippen LogP contribution in [0.4, 0.5) is 4.39 Å². The van der Waals surface area contributed by atoms with Crippen molar-refractivity contribution in [2.75, 3.05) is 12.4 Å². The molecule has 0 radical (unpaired) electrons. The van der Waals surface area contributed by atoms with Gasteiger partial charge in [0.15, 0.2) is 0 Å². The summed E-state index contributed by atoms with van der Waals surface area (Å²) in [5.41, 5.74) is 0.0279. The maximum atomic E-state index is 13.4. The van der Waals surface area contributed by atoms with Crippen LogP contribution >= 0.6 is 23.2 Å². The highest BCUT2D eigenvalue weighted by Gasteiger charge is 2.10. The molecule has 100 valence electrons. The van der Waals surface area contributed by atoms with Crippen molar-refractivity contribution >= 4 is 29.1 Å². The van der Waals surface area contributed by atoms with Gasteiger partial charge in [-0.25, -0.2) is 4.39 Å². The third-order valence-corrected chi connectivity index (χ3v) is 3.02. The van der Waals surface area contributed by atoms with Gasteiger partial charge in [-0.1, -0.05) is 24.4 Å². The Morgan fingerprint density at radius 3 is 2.61 bits per heavy atom. The molecule has 0 saturated carbocycles. The first-order valence-corrected chi connectivity index (χ1v) is 6.85. The molecule has 0 aromatic heterocycles. The first-order chi connectivity index (χ1) is 8.65. The molecule has 1 amide bonds. The topological polar surface area (TPSA) is 29.1 Å². The second kappa shape index (κ2) is 8.33. The average Bonchev–Trinajstić information content (AvgIpc) is 2.33. The van der Waals surface area contributed by atoms with E-state index in [-0.39, 0.29) is 10.6 Å². The van der Waals surface area contributed by atoms with Crippen LogP contribution in [0, 0.1) is 5.82 Å². The Bertz CT molecular complexity index is 399. The summed E-state index contributed by atoms with van der Waals surface area (Å²) in [7, 11) is 0. The lowest BCUT2D eigenvalue weighted by molar-refractivity contribution is 0.0949. The van der Waals surface area contributed by atoms with Crippen LogP contribution in [-0.2, 0) is 0 Å². The smallest absolute Gasteiger partial charge is 0.254 e. The van der Waals surface area contributed by atoms with E-state index >= 15 is 0 Å². The lowest BCUT2D eigenvalue weighted by Gasteiger charge is -2.06. The molecule has 0 aliphatic carbocycles. The fraction of sp³-hybridized carbons (Fsp3) is 0.462. The van der Waals surface area contributed by atoms with E-state index in [4.69, 9.17) is 23.2 Å². The number of benzene rings is 1. The highest BCUT2D eigenvalue weighted by molar-refractivity contribution is 6.30. The van der Waals surface area contributed by atoms with Crippen molar-refractivity contribution in [3.05, 3.63) is 34.6 Å². The molecule has 0 fully saturated rings. The summed E-state index contributed by atoms with van der Waals surface area (Å²) < 4.78 is 13.4. The van der Waals surface area contributed by atoms with E-state index < -0.39 is 11.7 Å². The number of amides is 1. The van der Waals surface area contributed by atoms with E-state index in [1.165, 1.54) is 12.1 Å². The molecule has 0 spiro atoms. The fourth-order valence-corrected chi connectivity index (χ4v) is 1.89. The Kier molecular flexibility index (Phi) is 7.06. The van der Waals surface area contributed by atoms with Crippen molar-refractivity contribution in [2.45, 2.75) is 25.7 Å². The van der Waals surface area contributed by atoms with Gasteiger partial charge in [0.25, 0.3) is 5.91 Å². The number of unbranched alkanes of at least 4 members (excludes halogenated alkanes) is 3. The summed E-state index contributed by atoms with van der Waals surface area (Å²) in [6.45, 7) is 0.545. The molecule has 0 aliphatic rings. The van der Waals surface area contributed by atoms with Gasteiger partial charge in [0, 0.05) is 17.4 Å². The highest BCUT2D eigenvalue weighted by Crippen LogP contribution is 2.14. The summed E-state index contributed by atoms with van der Waals surface area (Å²) in [5.74, 6) is -0.328. The third-order valence-electron chi connectivity index (χ3n) is 2.52. The Labute approximate surface area is 116 Å². The van der Waals surface area contributed by atoms with Crippen LogP contribution in [0.2, 0.25) is 5.02 Å². The van der Waals surface area contributed by atoms with Gasteiger partial charge in [-0.2, -0.15) is 0 Å². The maximum absolute atomic E-state index is 13.4. The minimum Gasteiger partial charge on any atom is -0.352 e. The number of halogens is 3. The second-order valence-electron chi connectivity index (χ2n) is 3.98. The molecular weight excluding hydrogens is 276 g/mol. The molecule has 0 heterocycles. The normalized spacial score (nSPS) is 10.4. The number of carbonyl (C=O) groups is 1. The summed E-state index contributed by atoms with van der Waals surface area (Å²) in [5, 5.41) is 2.96. The van der Waals surface area contributed by atoms with Gasteiger partial charge < -0.3 is 5.32 Å². The van der Waals surface area contributed by atoms with Gasteiger partial charge in [-0.3, -0.25) is 4.79 Å². The van der Waals surface area contributed by atoms with Crippen LogP contribution in [0.15, 0.2) is 18.2 Å². The van der Waals surface area contributed by atoms with E-state index in [1.807, 2.05) is 0 Å². The number of carbonyl (C=O) groups excluding carboxylic acids is 1. The number of hydrogen-bond donors (Lipinski definition) is 1. The van der Waals surface area contributed by atoms with E-state index in [2.05, 4.69) is 5.32 Å². The molecule has 2 nitrogen and oxygen atoms in total. The largest absolute Gasteiger partial charge is 0.352 e. The minimum absolute atomic E-state index is 0.0279. The van der Waals surface area contributed by atoms with E-state index in [1.54, 1.807) is 0 Å². The standard InChI is InChI=1S/C13H16Cl2FNO/c14-7-3-1-2-4-8-17-13(18)11-6-5-10(15)9-12(11)16/h5-6,9H,1-4,7-8H2,(H,17,18). The quantitative estimate of drug-likeness (QED) is 0.597. The number of hydrogen-bond acceptors (Lipinski definition) is 1. The molecule has 1 aromatic carbocycles. The molecule has 0 bridgehead atoms. The molecule has 0 atom stereocenters. The lowest BCUT2D eigenvalue weighted by atomic mass is 10.2. The first kappa shape index (κ1) is 15.3. The van der Waals surface area contributed by atoms with Gasteiger partial charge in [-0.15, -0.1) is 11.6 Å². The molecule has 5 heteroatoms. The molecule has 0 saturated heterocycles. The summed E-state index contributed by atoms with van der Waals surface area (Å²) in [6.07, 6.45) is 3.92. The van der Waals surface area contributed by atoms with E-state index in [0.29, 0.717) is 12.4 Å². The predicted octanol–water partition coefficient (Wildman–Crippen LogP) is 4.01.